The Bertz CT molecular complexity index is 647. The van der Waals surface area contributed by atoms with Gasteiger partial charge in [-0.3, -0.25) is 4.99 Å². The van der Waals surface area contributed by atoms with Gasteiger partial charge in [0.1, 0.15) is 0 Å². The van der Waals surface area contributed by atoms with Crippen molar-refractivity contribution in [2.75, 3.05) is 46.2 Å². The van der Waals surface area contributed by atoms with Crippen molar-refractivity contribution in [1.82, 2.24) is 10.2 Å². The lowest BCUT2D eigenvalue weighted by Crippen LogP contribution is -2.41. The van der Waals surface area contributed by atoms with Gasteiger partial charge in [0.15, 0.2) is 17.5 Å². The van der Waals surface area contributed by atoms with Crippen molar-refractivity contribution >= 4 is 29.9 Å². The molecule has 1 atom stereocenters. The number of nitrogens with zero attached hydrogens (tertiary/aromatic N) is 2. The van der Waals surface area contributed by atoms with E-state index >= 15 is 0 Å². The first-order chi connectivity index (χ1) is 12.3. The Hall–Kier alpha value is -1.22. The summed E-state index contributed by atoms with van der Waals surface area (Å²) in [5.74, 6) is 2.71. The number of nitrogens with one attached hydrogen (secondary N) is 1. The fourth-order valence-electron chi connectivity index (χ4n) is 3.90. The van der Waals surface area contributed by atoms with Crippen molar-refractivity contribution in [3.05, 3.63) is 23.8 Å². The van der Waals surface area contributed by atoms with Gasteiger partial charge < -0.3 is 24.4 Å². The number of benzene rings is 1. The van der Waals surface area contributed by atoms with Crippen LogP contribution in [0.5, 0.6) is 11.5 Å². The predicted molar refractivity (Wildman–Crippen MR) is 112 cm³/mol. The third-order valence-electron chi connectivity index (χ3n) is 5.36. The summed E-state index contributed by atoms with van der Waals surface area (Å²) in [6, 6.07) is 6.14. The zero-order chi connectivity index (χ0) is 17.1. The largest absolute Gasteiger partial charge is 0.454 e. The maximum atomic E-state index is 5.64. The summed E-state index contributed by atoms with van der Waals surface area (Å²) >= 11 is 0. The first-order valence-electron chi connectivity index (χ1n) is 9.28. The van der Waals surface area contributed by atoms with E-state index in [-0.39, 0.29) is 24.0 Å². The quantitative estimate of drug-likeness (QED) is 0.414. The lowest BCUT2D eigenvalue weighted by Gasteiger charge is -2.25. The molecular weight excluding hydrogens is 445 g/mol. The van der Waals surface area contributed by atoms with Crippen molar-refractivity contribution in [2.45, 2.75) is 26.2 Å². The second-order valence-corrected chi connectivity index (χ2v) is 7.15. The van der Waals surface area contributed by atoms with Gasteiger partial charge in [-0.1, -0.05) is 6.07 Å². The van der Waals surface area contributed by atoms with E-state index in [1.54, 1.807) is 0 Å². The summed E-state index contributed by atoms with van der Waals surface area (Å²) in [4.78, 5) is 7.26. The van der Waals surface area contributed by atoms with Crippen molar-refractivity contribution in [3.63, 3.8) is 0 Å². The van der Waals surface area contributed by atoms with Gasteiger partial charge in [0, 0.05) is 38.2 Å². The molecule has 2 saturated heterocycles. The molecule has 1 N–H and O–H groups in total. The Kier molecular flexibility index (Phi) is 6.50. The minimum atomic E-state index is 0. The van der Waals surface area contributed by atoms with E-state index in [0.717, 1.165) is 63.3 Å². The molecule has 0 bridgehead atoms. The molecule has 6 nitrogen and oxygen atoms in total. The number of halogens is 1. The van der Waals surface area contributed by atoms with E-state index in [0.29, 0.717) is 12.2 Å². The van der Waals surface area contributed by atoms with Crippen molar-refractivity contribution in [1.29, 1.82) is 0 Å². The Morgan fingerprint density at radius 3 is 2.96 bits per heavy atom. The maximum Gasteiger partial charge on any atom is 0.231 e. The van der Waals surface area contributed by atoms with Gasteiger partial charge in [0.05, 0.1) is 6.61 Å². The molecule has 0 aromatic heterocycles. The zero-order valence-electron chi connectivity index (χ0n) is 15.3. The van der Waals surface area contributed by atoms with Crippen molar-refractivity contribution < 1.29 is 14.2 Å². The lowest BCUT2D eigenvalue weighted by molar-refractivity contribution is 0.156. The van der Waals surface area contributed by atoms with Crippen LogP contribution in [0.15, 0.2) is 23.2 Å². The van der Waals surface area contributed by atoms with Gasteiger partial charge in [-0.25, -0.2) is 0 Å². The van der Waals surface area contributed by atoms with Gasteiger partial charge >= 0.3 is 0 Å². The summed E-state index contributed by atoms with van der Waals surface area (Å²) in [6.45, 7) is 8.04. The molecule has 3 aliphatic rings. The molecule has 1 spiro atoms. The molecule has 144 valence electrons. The normalized spacial score (nSPS) is 24.2. The number of hydrogen-bond acceptors (Lipinski definition) is 4. The summed E-state index contributed by atoms with van der Waals surface area (Å²) in [7, 11) is 0. The monoisotopic (exact) mass is 473 g/mol. The molecule has 1 aromatic carbocycles. The molecule has 0 amide bonds. The SMILES string of the molecule is CCNC(=NCCc1ccc2c(c1)OCO2)N1CCC2(CCOC2)C1.I. The summed E-state index contributed by atoms with van der Waals surface area (Å²) in [5, 5.41) is 3.45. The summed E-state index contributed by atoms with van der Waals surface area (Å²) in [5.41, 5.74) is 1.58. The molecular formula is C19H28IN3O3. The number of hydrogen-bond donors (Lipinski definition) is 1. The van der Waals surface area contributed by atoms with E-state index in [1.165, 1.54) is 18.4 Å². The highest BCUT2D eigenvalue weighted by Gasteiger charge is 2.42. The van der Waals surface area contributed by atoms with Crippen LogP contribution in [0.1, 0.15) is 25.3 Å². The molecule has 26 heavy (non-hydrogen) atoms. The molecule has 3 aliphatic heterocycles. The van der Waals surface area contributed by atoms with E-state index in [9.17, 15) is 0 Å². The maximum absolute atomic E-state index is 5.64. The molecule has 0 aliphatic carbocycles. The summed E-state index contributed by atoms with van der Waals surface area (Å²) < 4.78 is 16.5. The Morgan fingerprint density at radius 1 is 1.27 bits per heavy atom. The molecule has 0 saturated carbocycles. The van der Waals surface area contributed by atoms with Gasteiger partial charge in [-0.15, -0.1) is 24.0 Å². The smallest absolute Gasteiger partial charge is 0.231 e. The van der Waals surface area contributed by atoms with Gasteiger partial charge in [0.25, 0.3) is 0 Å². The highest BCUT2D eigenvalue weighted by atomic mass is 127. The van der Waals surface area contributed by atoms with Gasteiger partial charge in [-0.2, -0.15) is 0 Å². The number of fused-ring (bicyclic) bond motifs is 1. The number of guanidine groups is 1. The van der Waals surface area contributed by atoms with E-state index < -0.39 is 0 Å². The van der Waals surface area contributed by atoms with Crippen LogP contribution < -0.4 is 14.8 Å². The third-order valence-corrected chi connectivity index (χ3v) is 5.36. The predicted octanol–water partition coefficient (Wildman–Crippen LogP) is 2.65. The van der Waals surface area contributed by atoms with E-state index in [2.05, 4.69) is 29.3 Å². The molecule has 3 heterocycles. The number of aliphatic imine (C=N–C) groups is 1. The highest BCUT2D eigenvalue weighted by Crippen LogP contribution is 2.38. The Labute approximate surface area is 172 Å². The first-order valence-corrected chi connectivity index (χ1v) is 9.28. The van der Waals surface area contributed by atoms with Crippen molar-refractivity contribution in [2.24, 2.45) is 10.4 Å². The molecule has 4 rings (SSSR count). The molecule has 1 aromatic rings. The fourth-order valence-corrected chi connectivity index (χ4v) is 3.90. The molecule has 2 fully saturated rings. The highest BCUT2D eigenvalue weighted by molar-refractivity contribution is 14.0. The zero-order valence-corrected chi connectivity index (χ0v) is 17.7. The lowest BCUT2D eigenvalue weighted by atomic mass is 9.87. The summed E-state index contributed by atoms with van der Waals surface area (Å²) in [6.07, 6.45) is 3.29. The van der Waals surface area contributed by atoms with Crippen LogP contribution in [-0.4, -0.2) is 57.0 Å². The average Bonchev–Trinajstić information content (AvgIpc) is 3.36. The van der Waals surface area contributed by atoms with Crippen LogP contribution in [0.3, 0.4) is 0 Å². The van der Waals surface area contributed by atoms with Crippen molar-refractivity contribution in [3.8, 4) is 11.5 Å². The topological polar surface area (TPSA) is 55.3 Å². The molecule has 7 heteroatoms. The van der Waals surface area contributed by atoms with Gasteiger partial charge in [-0.05, 0) is 43.9 Å². The minimum Gasteiger partial charge on any atom is -0.454 e. The van der Waals surface area contributed by atoms with Crippen LogP contribution in [-0.2, 0) is 11.2 Å². The van der Waals surface area contributed by atoms with Gasteiger partial charge in [0.2, 0.25) is 6.79 Å². The number of ether oxygens (including phenoxy) is 3. The van der Waals surface area contributed by atoms with E-state index in [4.69, 9.17) is 19.2 Å². The Morgan fingerprint density at radius 2 is 2.15 bits per heavy atom. The van der Waals surface area contributed by atoms with Crippen LogP contribution in [0, 0.1) is 5.41 Å². The minimum absolute atomic E-state index is 0. The standard InChI is InChI=1S/C19H27N3O3.HI/c1-2-20-18(22-9-6-19(12-22)7-10-23-13-19)21-8-5-15-3-4-16-17(11-15)25-14-24-16;/h3-4,11H,2,5-10,12-14H2,1H3,(H,20,21);1H. The number of likely N-dealkylation sites (tertiary alicyclic amines) is 1. The third kappa shape index (κ3) is 4.19. The molecule has 0 radical (unpaired) electrons. The average molecular weight is 473 g/mol. The second-order valence-electron chi connectivity index (χ2n) is 7.15. The number of rotatable bonds is 4. The molecule has 1 unspecified atom stereocenters. The fraction of sp³-hybridized carbons (Fsp3) is 0.632. The van der Waals surface area contributed by atoms with Crippen LogP contribution >= 0.6 is 24.0 Å². The van der Waals surface area contributed by atoms with Crippen LogP contribution in [0.25, 0.3) is 0 Å². The van der Waals surface area contributed by atoms with Crippen LogP contribution in [0.2, 0.25) is 0 Å². The first kappa shape index (κ1) is 19.5. The Balaban J connectivity index is 0.00000196. The second kappa shape index (κ2) is 8.65. The van der Waals surface area contributed by atoms with Crippen LogP contribution in [0.4, 0.5) is 0 Å². The van der Waals surface area contributed by atoms with E-state index in [1.807, 2.05) is 6.07 Å².